The predicted octanol–water partition coefficient (Wildman–Crippen LogP) is 1.55. The normalized spacial score (nSPS) is 11.9. The van der Waals surface area contributed by atoms with E-state index >= 15 is 0 Å². The van der Waals surface area contributed by atoms with E-state index in [1.54, 1.807) is 0 Å². The van der Waals surface area contributed by atoms with E-state index in [0.29, 0.717) is 6.29 Å². The second kappa shape index (κ2) is 3.76. The number of benzene rings is 1. The Morgan fingerprint density at radius 3 is 2.65 bits per heavy atom. The molecule has 17 heavy (non-hydrogen) atoms. The highest BCUT2D eigenvalue weighted by Gasteiger charge is 2.33. The fourth-order valence-corrected chi connectivity index (χ4v) is 1.67. The molecule has 0 saturated heterocycles. The van der Waals surface area contributed by atoms with Gasteiger partial charge in [-0.1, -0.05) is 6.07 Å². The van der Waals surface area contributed by atoms with E-state index in [2.05, 4.69) is 4.98 Å². The second-order valence-corrected chi connectivity index (χ2v) is 3.40. The smallest absolute Gasteiger partial charge is 0.305 e. The summed E-state index contributed by atoms with van der Waals surface area (Å²) >= 11 is 0. The lowest BCUT2D eigenvalue weighted by Crippen LogP contribution is -2.17. The molecule has 0 bridgehead atoms. The van der Waals surface area contributed by atoms with Crippen LogP contribution in [0.4, 0.5) is 13.2 Å². The van der Waals surface area contributed by atoms with Gasteiger partial charge in [0.1, 0.15) is 6.29 Å². The number of carbonyl (C=O) groups excluding carboxylic acids is 1. The molecule has 0 aliphatic heterocycles. The van der Waals surface area contributed by atoms with Gasteiger partial charge < -0.3 is 9.78 Å². The van der Waals surface area contributed by atoms with Gasteiger partial charge >= 0.3 is 11.9 Å². The van der Waals surface area contributed by atoms with E-state index in [1.165, 1.54) is 12.1 Å². The summed E-state index contributed by atoms with van der Waals surface area (Å²) in [5.41, 5.74) is -1.88. The zero-order chi connectivity index (χ0) is 12.6. The highest BCUT2D eigenvalue weighted by atomic mass is 19.4. The molecule has 1 aromatic carbocycles. The van der Waals surface area contributed by atoms with Crippen LogP contribution in [0.5, 0.6) is 0 Å². The Balaban J connectivity index is 2.80. The van der Waals surface area contributed by atoms with Gasteiger partial charge in [0.25, 0.3) is 0 Å². The molecule has 0 unspecified atom stereocenters. The summed E-state index contributed by atoms with van der Waals surface area (Å²) in [5.74, 6) is 0. The van der Waals surface area contributed by atoms with Crippen LogP contribution in [0.1, 0.15) is 5.56 Å². The number of aromatic nitrogens is 2. The lowest BCUT2D eigenvalue weighted by Gasteiger charge is -2.07. The van der Waals surface area contributed by atoms with Crippen LogP contribution in [-0.4, -0.2) is 15.8 Å². The second-order valence-electron chi connectivity index (χ2n) is 3.40. The van der Waals surface area contributed by atoms with Crippen molar-refractivity contribution >= 4 is 17.3 Å². The van der Waals surface area contributed by atoms with E-state index in [1.807, 2.05) is 0 Å². The van der Waals surface area contributed by atoms with Crippen LogP contribution in [0.25, 0.3) is 11.0 Å². The fourth-order valence-electron chi connectivity index (χ4n) is 1.67. The van der Waals surface area contributed by atoms with Crippen molar-refractivity contribution in [1.82, 2.24) is 9.55 Å². The summed E-state index contributed by atoms with van der Waals surface area (Å²) in [6.07, 6.45) is -4.09. The highest BCUT2D eigenvalue weighted by Crippen LogP contribution is 2.33. The molecule has 0 fully saturated rings. The number of rotatable bonds is 2. The zero-order valence-electron chi connectivity index (χ0n) is 8.41. The van der Waals surface area contributed by atoms with Crippen molar-refractivity contribution < 1.29 is 18.0 Å². The number of imidazole rings is 1. The topological polar surface area (TPSA) is 54.9 Å². The Morgan fingerprint density at radius 1 is 1.35 bits per heavy atom. The average Bonchev–Trinajstić information content (AvgIpc) is 2.54. The van der Waals surface area contributed by atoms with Crippen molar-refractivity contribution in [3.05, 3.63) is 34.2 Å². The first-order valence-corrected chi connectivity index (χ1v) is 4.67. The van der Waals surface area contributed by atoms with Crippen molar-refractivity contribution in [2.45, 2.75) is 12.7 Å². The van der Waals surface area contributed by atoms with Gasteiger partial charge in [0.15, 0.2) is 0 Å². The van der Waals surface area contributed by atoms with E-state index in [-0.39, 0.29) is 17.6 Å². The van der Waals surface area contributed by atoms with E-state index in [0.717, 1.165) is 10.6 Å². The number of carbonyl (C=O) groups is 1. The van der Waals surface area contributed by atoms with Gasteiger partial charge in [0.2, 0.25) is 0 Å². The summed E-state index contributed by atoms with van der Waals surface area (Å²) in [5, 5.41) is 0. The molecule has 0 amide bonds. The quantitative estimate of drug-likeness (QED) is 0.815. The molecule has 2 rings (SSSR count). The lowest BCUT2D eigenvalue weighted by molar-refractivity contribution is -0.136. The third-order valence-electron chi connectivity index (χ3n) is 2.37. The predicted molar refractivity (Wildman–Crippen MR) is 53.6 cm³/mol. The van der Waals surface area contributed by atoms with Crippen molar-refractivity contribution in [1.29, 1.82) is 0 Å². The Hall–Kier alpha value is -2.05. The van der Waals surface area contributed by atoms with Crippen LogP contribution >= 0.6 is 0 Å². The molecular weight excluding hydrogens is 237 g/mol. The standard InChI is InChI=1S/C10H7F3N2O2/c11-10(12,13)6-2-1-3-7-8(6)14-9(17)15(7)4-5-16/h1-3,5H,4H2,(H,14,17). The molecule has 90 valence electrons. The summed E-state index contributed by atoms with van der Waals surface area (Å²) in [4.78, 5) is 23.9. The average molecular weight is 244 g/mol. The SMILES string of the molecule is O=CCn1c(=O)[nH]c2c(C(F)(F)F)cccc21. The molecule has 0 aliphatic carbocycles. The number of alkyl halides is 3. The largest absolute Gasteiger partial charge is 0.418 e. The van der Waals surface area contributed by atoms with Gasteiger partial charge in [-0.25, -0.2) is 4.79 Å². The van der Waals surface area contributed by atoms with Gasteiger partial charge in [-0.15, -0.1) is 0 Å². The van der Waals surface area contributed by atoms with Crippen LogP contribution in [0, 0.1) is 0 Å². The van der Waals surface area contributed by atoms with Crippen LogP contribution < -0.4 is 5.69 Å². The molecule has 4 nitrogen and oxygen atoms in total. The van der Waals surface area contributed by atoms with Crippen LogP contribution in [-0.2, 0) is 17.5 Å². The first-order valence-electron chi connectivity index (χ1n) is 4.67. The minimum atomic E-state index is -4.55. The third-order valence-corrected chi connectivity index (χ3v) is 2.37. The minimum absolute atomic E-state index is 0.0666. The highest BCUT2D eigenvalue weighted by molar-refractivity contribution is 5.80. The Labute approximate surface area is 92.7 Å². The van der Waals surface area contributed by atoms with Gasteiger partial charge in [0.05, 0.1) is 23.1 Å². The van der Waals surface area contributed by atoms with Crippen LogP contribution in [0.2, 0.25) is 0 Å². The molecule has 1 heterocycles. The molecule has 1 N–H and O–H groups in total. The first-order chi connectivity index (χ1) is 7.95. The minimum Gasteiger partial charge on any atom is -0.305 e. The summed E-state index contributed by atoms with van der Waals surface area (Å²) in [6.45, 7) is -0.278. The van der Waals surface area contributed by atoms with Crippen LogP contribution in [0.15, 0.2) is 23.0 Å². The number of nitrogens with one attached hydrogen (secondary N) is 1. The number of hydrogen-bond donors (Lipinski definition) is 1. The molecule has 7 heteroatoms. The maximum absolute atomic E-state index is 12.6. The Kier molecular flexibility index (Phi) is 2.53. The number of halogens is 3. The van der Waals surface area contributed by atoms with Gasteiger partial charge in [0, 0.05) is 0 Å². The molecule has 2 aromatic rings. The number of aromatic amines is 1. The molecule has 1 aromatic heterocycles. The van der Waals surface area contributed by atoms with E-state index in [9.17, 15) is 22.8 Å². The molecule has 0 spiro atoms. The van der Waals surface area contributed by atoms with Gasteiger partial charge in [-0.05, 0) is 12.1 Å². The Bertz CT molecular complexity index is 624. The third kappa shape index (κ3) is 1.83. The van der Waals surface area contributed by atoms with Crippen LogP contribution in [0.3, 0.4) is 0 Å². The zero-order valence-corrected chi connectivity index (χ0v) is 8.41. The number of para-hydroxylation sites is 1. The molecule has 0 saturated carbocycles. The van der Waals surface area contributed by atoms with Gasteiger partial charge in [-0.2, -0.15) is 13.2 Å². The number of H-pyrrole nitrogens is 1. The number of nitrogens with zero attached hydrogens (tertiary/aromatic N) is 1. The molecule has 0 atom stereocenters. The molecule has 0 radical (unpaired) electrons. The number of fused-ring (bicyclic) bond motifs is 1. The van der Waals surface area contributed by atoms with Crippen molar-refractivity contribution in [3.8, 4) is 0 Å². The van der Waals surface area contributed by atoms with Crippen molar-refractivity contribution in [2.24, 2.45) is 0 Å². The maximum Gasteiger partial charge on any atom is 0.418 e. The van der Waals surface area contributed by atoms with Gasteiger partial charge in [-0.3, -0.25) is 4.57 Å². The first kappa shape index (κ1) is 11.4. The summed E-state index contributed by atoms with van der Waals surface area (Å²) in [6, 6.07) is 3.43. The Morgan fingerprint density at radius 2 is 2.06 bits per heavy atom. The molecular formula is C10H7F3N2O2. The maximum atomic E-state index is 12.6. The van der Waals surface area contributed by atoms with Crippen molar-refractivity contribution in [2.75, 3.05) is 0 Å². The lowest BCUT2D eigenvalue weighted by atomic mass is 10.2. The van der Waals surface area contributed by atoms with E-state index in [4.69, 9.17) is 0 Å². The monoisotopic (exact) mass is 244 g/mol. The summed E-state index contributed by atoms with van der Waals surface area (Å²) in [7, 11) is 0. The number of hydrogen-bond acceptors (Lipinski definition) is 2. The summed E-state index contributed by atoms with van der Waals surface area (Å²) < 4.78 is 38.9. The van der Waals surface area contributed by atoms with Crippen molar-refractivity contribution in [3.63, 3.8) is 0 Å². The fraction of sp³-hybridized carbons (Fsp3) is 0.200. The molecule has 0 aliphatic rings. The van der Waals surface area contributed by atoms with E-state index < -0.39 is 17.4 Å². The number of aldehydes is 1.